The summed E-state index contributed by atoms with van der Waals surface area (Å²) in [6.07, 6.45) is 2.49. The summed E-state index contributed by atoms with van der Waals surface area (Å²) >= 11 is 0. The molecule has 0 aliphatic heterocycles. The molecule has 2 aromatic carbocycles. The topological polar surface area (TPSA) is 79.8 Å². The molecule has 156 valence electrons. The van der Waals surface area contributed by atoms with E-state index in [2.05, 4.69) is 29.7 Å². The van der Waals surface area contributed by atoms with E-state index in [-0.39, 0.29) is 12.5 Å². The fourth-order valence-electron chi connectivity index (χ4n) is 2.65. The smallest absolute Gasteiger partial charge is 0.250 e. The van der Waals surface area contributed by atoms with Crippen LogP contribution in [-0.2, 0) is 11.2 Å². The molecule has 0 radical (unpaired) electrons. The molecule has 0 unspecified atom stereocenters. The Morgan fingerprint density at radius 1 is 1.14 bits per heavy atom. The molecule has 29 heavy (non-hydrogen) atoms. The Balaban J connectivity index is 2.12. The lowest BCUT2D eigenvalue weighted by Gasteiger charge is -2.19. The number of nitrogens with one attached hydrogen (secondary N) is 2. The van der Waals surface area contributed by atoms with Gasteiger partial charge in [0.2, 0.25) is 5.91 Å². The highest BCUT2D eigenvalue weighted by Crippen LogP contribution is 2.31. The fraction of sp³-hybridized carbons (Fsp3) is 0.348. The van der Waals surface area contributed by atoms with E-state index < -0.39 is 5.60 Å². The molecule has 0 atom stereocenters. The van der Waals surface area contributed by atoms with Gasteiger partial charge in [-0.2, -0.15) is 0 Å². The molecule has 6 heteroatoms. The zero-order chi connectivity index (χ0) is 21.4. The normalized spacial score (nSPS) is 11.7. The van der Waals surface area contributed by atoms with E-state index in [1.807, 2.05) is 12.1 Å². The Bertz CT molecular complexity index is 852. The van der Waals surface area contributed by atoms with Gasteiger partial charge >= 0.3 is 0 Å². The molecular formula is C23H30N2O4. The highest BCUT2D eigenvalue weighted by molar-refractivity contribution is 6.03. The van der Waals surface area contributed by atoms with Crippen LogP contribution >= 0.6 is 0 Å². The van der Waals surface area contributed by atoms with Gasteiger partial charge in [0.1, 0.15) is 6.61 Å². The monoisotopic (exact) mass is 398 g/mol. The quantitative estimate of drug-likeness (QED) is 0.563. The van der Waals surface area contributed by atoms with Crippen LogP contribution in [0.3, 0.4) is 0 Å². The lowest BCUT2D eigenvalue weighted by molar-refractivity contribution is -0.111. The summed E-state index contributed by atoms with van der Waals surface area (Å²) in [6, 6.07) is 13.2. The van der Waals surface area contributed by atoms with Gasteiger partial charge in [-0.3, -0.25) is 4.79 Å². The third kappa shape index (κ3) is 6.84. The summed E-state index contributed by atoms with van der Waals surface area (Å²) in [6.45, 7) is 5.55. The summed E-state index contributed by atoms with van der Waals surface area (Å²) in [5.74, 6) is 0.705. The summed E-state index contributed by atoms with van der Waals surface area (Å²) in [4.78, 5) is 12.5. The highest BCUT2D eigenvalue weighted by Gasteiger charge is 2.15. The Kier molecular flexibility index (Phi) is 7.67. The van der Waals surface area contributed by atoms with Crippen LogP contribution in [0.1, 0.15) is 31.9 Å². The Morgan fingerprint density at radius 2 is 1.83 bits per heavy atom. The van der Waals surface area contributed by atoms with Crippen molar-refractivity contribution in [1.29, 1.82) is 0 Å². The first-order valence-electron chi connectivity index (χ1n) is 9.58. The minimum atomic E-state index is -0.957. The number of benzene rings is 2. The Labute approximate surface area is 172 Å². The van der Waals surface area contributed by atoms with Crippen molar-refractivity contribution in [2.24, 2.45) is 0 Å². The van der Waals surface area contributed by atoms with E-state index in [0.717, 1.165) is 17.7 Å². The van der Waals surface area contributed by atoms with E-state index in [1.54, 1.807) is 39.1 Å². The third-order valence-electron chi connectivity index (χ3n) is 4.23. The molecule has 0 heterocycles. The number of carbonyl (C=O) groups is 1. The number of hydrogen-bond donors (Lipinski definition) is 3. The van der Waals surface area contributed by atoms with E-state index in [9.17, 15) is 9.90 Å². The van der Waals surface area contributed by atoms with Crippen molar-refractivity contribution in [3.8, 4) is 11.5 Å². The lowest BCUT2D eigenvalue weighted by atomic mass is 10.1. The number of rotatable bonds is 9. The molecule has 0 bridgehead atoms. The maximum atomic E-state index is 12.5. The second-order valence-corrected chi connectivity index (χ2v) is 7.31. The number of hydrogen-bond acceptors (Lipinski definition) is 5. The van der Waals surface area contributed by atoms with Crippen LogP contribution in [-0.4, -0.2) is 37.4 Å². The van der Waals surface area contributed by atoms with Crippen molar-refractivity contribution >= 4 is 17.3 Å². The van der Waals surface area contributed by atoms with Gasteiger partial charge in [0.15, 0.2) is 11.5 Å². The van der Waals surface area contributed by atoms with Gasteiger partial charge in [0.05, 0.1) is 12.7 Å². The number of anilines is 1. The van der Waals surface area contributed by atoms with Crippen LogP contribution in [0.2, 0.25) is 0 Å². The van der Waals surface area contributed by atoms with E-state index in [4.69, 9.17) is 9.47 Å². The zero-order valence-electron chi connectivity index (χ0n) is 17.7. The van der Waals surface area contributed by atoms with Gasteiger partial charge in [0, 0.05) is 30.6 Å². The lowest BCUT2D eigenvalue weighted by Crippen LogP contribution is -2.28. The van der Waals surface area contributed by atoms with Crippen molar-refractivity contribution in [2.75, 3.05) is 26.1 Å². The molecule has 0 aliphatic rings. The maximum Gasteiger partial charge on any atom is 0.250 e. The minimum Gasteiger partial charge on any atom is -0.493 e. The Morgan fingerprint density at radius 3 is 2.38 bits per heavy atom. The summed E-state index contributed by atoms with van der Waals surface area (Å²) in [5.41, 5.74) is 2.53. The molecule has 0 aliphatic carbocycles. The number of aryl methyl sites for hydroxylation is 1. The molecule has 0 aromatic heterocycles. The molecule has 2 aromatic rings. The maximum absolute atomic E-state index is 12.5. The average molecular weight is 399 g/mol. The van der Waals surface area contributed by atoms with Crippen molar-refractivity contribution in [3.63, 3.8) is 0 Å². The summed E-state index contributed by atoms with van der Waals surface area (Å²) in [7, 11) is 3.31. The molecule has 3 N–H and O–H groups in total. The second-order valence-electron chi connectivity index (χ2n) is 7.31. The largest absolute Gasteiger partial charge is 0.493 e. The van der Waals surface area contributed by atoms with Crippen LogP contribution in [0, 0.1) is 0 Å². The van der Waals surface area contributed by atoms with Crippen LogP contribution in [0.15, 0.2) is 48.5 Å². The molecule has 0 saturated heterocycles. The van der Waals surface area contributed by atoms with Crippen LogP contribution < -0.4 is 20.1 Å². The van der Waals surface area contributed by atoms with Crippen LogP contribution in [0.4, 0.5) is 5.69 Å². The summed E-state index contributed by atoms with van der Waals surface area (Å²) < 4.78 is 10.9. The number of carbonyl (C=O) groups excluding carboxylic acids is 1. The van der Waals surface area contributed by atoms with Crippen molar-refractivity contribution in [2.45, 2.75) is 32.8 Å². The van der Waals surface area contributed by atoms with Gasteiger partial charge < -0.3 is 25.2 Å². The standard InChI is InChI=1S/C23H30N2O4/c1-6-16-7-9-17(10-8-16)19(24-4)14-22(26)25-18-11-12-20(21(13-18)28-5)29-15-23(2,3)27/h7-14,24,27H,6,15H2,1-5H3,(H,25,26)/b19-14-. The SMILES string of the molecule is CCc1ccc(/C(=C/C(=O)Nc2ccc(OCC(C)(C)O)c(OC)c2)NC)cc1. The zero-order valence-corrected chi connectivity index (χ0v) is 17.7. The van der Waals surface area contributed by atoms with Gasteiger partial charge in [-0.25, -0.2) is 0 Å². The predicted octanol–water partition coefficient (Wildman–Crippen LogP) is 3.61. The number of aliphatic hydroxyl groups is 1. The second kappa shape index (κ2) is 9.98. The number of amides is 1. The molecule has 6 nitrogen and oxygen atoms in total. The molecule has 2 rings (SSSR count). The van der Waals surface area contributed by atoms with Crippen LogP contribution in [0.5, 0.6) is 11.5 Å². The van der Waals surface area contributed by atoms with Gasteiger partial charge in [0.25, 0.3) is 0 Å². The molecule has 0 spiro atoms. The van der Waals surface area contributed by atoms with Crippen molar-refractivity contribution < 1.29 is 19.4 Å². The predicted molar refractivity (Wildman–Crippen MR) is 116 cm³/mol. The first-order chi connectivity index (χ1) is 13.8. The number of ether oxygens (including phenoxy) is 2. The van der Waals surface area contributed by atoms with Gasteiger partial charge in [-0.05, 0) is 43.5 Å². The summed E-state index contributed by atoms with van der Waals surface area (Å²) in [5, 5.41) is 15.7. The van der Waals surface area contributed by atoms with Crippen molar-refractivity contribution in [3.05, 3.63) is 59.7 Å². The van der Waals surface area contributed by atoms with E-state index in [1.165, 1.54) is 18.7 Å². The molecular weight excluding hydrogens is 368 g/mol. The van der Waals surface area contributed by atoms with Gasteiger partial charge in [-0.15, -0.1) is 0 Å². The molecule has 1 amide bonds. The first kappa shape index (κ1) is 22.3. The van der Waals surface area contributed by atoms with Crippen molar-refractivity contribution in [1.82, 2.24) is 5.32 Å². The minimum absolute atomic E-state index is 0.125. The Hall–Kier alpha value is -2.99. The van der Waals surface area contributed by atoms with Crippen LogP contribution in [0.25, 0.3) is 5.70 Å². The average Bonchev–Trinajstić information content (AvgIpc) is 2.70. The third-order valence-corrected chi connectivity index (χ3v) is 4.23. The molecule has 0 fully saturated rings. The van der Waals surface area contributed by atoms with Gasteiger partial charge in [-0.1, -0.05) is 31.2 Å². The highest BCUT2D eigenvalue weighted by atomic mass is 16.5. The van der Waals surface area contributed by atoms with E-state index in [0.29, 0.717) is 17.2 Å². The molecule has 0 saturated carbocycles. The fourth-order valence-corrected chi connectivity index (χ4v) is 2.65. The van der Waals surface area contributed by atoms with E-state index >= 15 is 0 Å². The number of methoxy groups -OCH3 is 1. The first-order valence-corrected chi connectivity index (χ1v) is 9.58.